The van der Waals surface area contributed by atoms with Crippen LogP contribution in [0, 0.1) is 20.8 Å². The zero-order valence-electron chi connectivity index (χ0n) is 7.51. The van der Waals surface area contributed by atoms with E-state index in [9.17, 15) is 4.79 Å². The summed E-state index contributed by atoms with van der Waals surface area (Å²) in [5, 5.41) is 8.81. The molecule has 0 unspecified atom stereocenters. The van der Waals surface area contributed by atoms with E-state index in [1.165, 1.54) is 0 Å². The molecule has 0 aliphatic heterocycles. The summed E-state index contributed by atoms with van der Waals surface area (Å²) in [4.78, 5) is 10.7. The Hall–Kier alpha value is -1.31. The van der Waals surface area contributed by atoms with Gasteiger partial charge >= 0.3 is 5.97 Å². The molecule has 0 bridgehead atoms. The summed E-state index contributed by atoms with van der Waals surface area (Å²) in [6.07, 6.45) is 0. The fourth-order valence-corrected chi connectivity index (χ4v) is 1.26. The second-order valence-electron chi connectivity index (χ2n) is 3.06. The molecule has 0 aliphatic carbocycles. The Kier molecular flexibility index (Phi) is 2.18. The zero-order valence-corrected chi connectivity index (χ0v) is 7.51. The number of rotatable bonds is 1. The van der Waals surface area contributed by atoms with Crippen LogP contribution in [0.15, 0.2) is 12.1 Å². The van der Waals surface area contributed by atoms with Crippen molar-refractivity contribution in [2.75, 3.05) is 0 Å². The monoisotopic (exact) mass is 164 g/mol. The molecule has 0 amide bonds. The quantitative estimate of drug-likeness (QED) is 0.691. The highest BCUT2D eigenvalue weighted by atomic mass is 16.4. The van der Waals surface area contributed by atoms with Crippen LogP contribution in [0.1, 0.15) is 27.0 Å². The van der Waals surface area contributed by atoms with Gasteiger partial charge in [0, 0.05) is 0 Å². The van der Waals surface area contributed by atoms with Gasteiger partial charge in [-0.2, -0.15) is 0 Å². The van der Waals surface area contributed by atoms with Crippen LogP contribution in [0.2, 0.25) is 0 Å². The van der Waals surface area contributed by atoms with Crippen molar-refractivity contribution < 1.29 is 9.90 Å². The Balaban J connectivity index is 3.37. The average Bonchev–Trinajstić information content (AvgIpc) is 1.96. The zero-order chi connectivity index (χ0) is 9.30. The molecular weight excluding hydrogens is 152 g/mol. The lowest BCUT2D eigenvalue weighted by Gasteiger charge is -2.05. The third kappa shape index (κ3) is 1.47. The Bertz CT molecular complexity index is 327. The first kappa shape index (κ1) is 8.78. The molecule has 0 atom stereocenters. The average molecular weight is 164 g/mol. The van der Waals surface area contributed by atoms with E-state index in [1.807, 2.05) is 26.8 Å². The first-order valence-electron chi connectivity index (χ1n) is 3.83. The summed E-state index contributed by atoms with van der Waals surface area (Å²) < 4.78 is 0. The number of carboxylic acids is 1. The van der Waals surface area contributed by atoms with E-state index >= 15 is 0 Å². The number of benzene rings is 1. The van der Waals surface area contributed by atoms with Gasteiger partial charge in [0.25, 0.3) is 0 Å². The second-order valence-corrected chi connectivity index (χ2v) is 3.06. The van der Waals surface area contributed by atoms with Gasteiger partial charge < -0.3 is 5.11 Å². The van der Waals surface area contributed by atoms with Gasteiger partial charge in [-0.05, 0) is 43.5 Å². The first-order chi connectivity index (χ1) is 5.52. The fourth-order valence-electron chi connectivity index (χ4n) is 1.26. The van der Waals surface area contributed by atoms with Crippen molar-refractivity contribution in [3.8, 4) is 0 Å². The van der Waals surface area contributed by atoms with Crippen molar-refractivity contribution >= 4 is 5.97 Å². The van der Waals surface area contributed by atoms with E-state index in [4.69, 9.17) is 5.11 Å². The van der Waals surface area contributed by atoms with Crippen molar-refractivity contribution in [3.63, 3.8) is 0 Å². The lowest BCUT2D eigenvalue weighted by atomic mass is 10.0. The summed E-state index contributed by atoms with van der Waals surface area (Å²) in [6, 6.07) is 3.69. The highest BCUT2D eigenvalue weighted by Gasteiger charge is 2.08. The van der Waals surface area contributed by atoms with Gasteiger partial charge in [-0.3, -0.25) is 0 Å². The van der Waals surface area contributed by atoms with Gasteiger partial charge in [-0.1, -0.05) is 6.07 Å². The van der Waals surface area contributed by atoms with Crippen molar-refractivity contribution in [2.45, 2.75) is 20.8 Å². The molecule has 0 spiro atoms. The van der Waals surface area contributed by atoms with Crippen LogP contribution >= 0.6 is 0 Å². The molecule has 1 aromatic carbocycles. The summed E-state index contributed by atoms with van der Waals surface area (Å²) in [7, 11) is 0. The lowest BCUT2D eigenvalue weighted by molar-refractivity contribution is 0.0696. The number of aryl methyl sites for hydroxylation is 2. The minimum atomic E-state index is -0.848. The number of carbonyl (C=O) groups is 1. The fraction of sp³-hybridized carbons (Fsp3) is 0.300. The van der Waals surface area contributed by atoms with Crippen LogP contribution in [-0.2, 0) is 0 Å². The molecule has 0 heterocycles. The predicted octanol–water partition coefficient (Wildman–Crippen LogP) is 2.31. The van der Waals surface area contributed by atoms with Crippen LogP contribution in [0.3, 0.4) is 0 Å². The number of aromatic carboxylic acids is 1. The molecule has 64 valence electrons. The van der Waals surface area contributed by atoms with E-state index in [0.717, 1.165) is 16.7 Å². The predicted molar refractivity (Wildman–Crippen MR) is 47.6 cm³/mol. The van der Waals surface area contributed by atoms with Gasteiger partial charge in [0.2, 0.25) is 0 Å². The largest absolute Gasteiger partial charge is 0.478 e. The molecule has 12 heavy (non-hydrogen) atoms. The minimum Gasteiger partial charge on any atom is -0.478 e. The molecule has 1 aromatic rings. The SMILES string of the molecule is Cc1cc(C)c(C)c(C(=O)O)c1. The van der Waals surface area contributed by atoms with Crippen LogP contribution < -0.4 is 0 Å². The number of carboxylic acid groups (broad SMARTS) is 1. The van der Waals surface area contributed by atoms with E-state index in [1.54, 1.807) is 6.07 Å². The van der Waals surface area contributed by atoms with E-state index in [2.05, 4.69) is 0 Å². The Morgan fingerprint density at radius 2 is 1.83 bits per heavy atom. The van der Waals surface area contributed by atoms with Crippen LogP contribution in [-0.4, -0.2) is 11.1 Å². The maximum Gasteiger partial charge on any atom is 0.335 e. The Morgan fingerprint density at radius 3 is 2.33 bits per heavy atom. The molecule has 0 radical (unpaired) electrons. The van der Waals surface area contributed by atoms with Crippen molar-refractivity contribution in [1.29, 1.82) is 0 Å². The maximum absolute atomic E-state index is 10.7. The van der Waals surface area contributed by atoms with Gasteiger partial charge in [0.15, 0.2) is 0 Å². The first-order valence-corrected chi connectivity index (χ1v) is 3.83. The van der Waals surface area contributed by atoms with Crippen molar-refractivity contribution in [2.24, 2.45) is 0 Å². The molecule has 0 fully saturated rings. The van der Waals surface area contributed by atoms with E-state index < -0.39 is 5.97 Å². The molecule has 2 heteroatoms. The van der Waals surface area contributed by atoms with Gasteiger partial charge in [-0.25, -0.2) is 4.79 Å². The number of hydrogen-bond acceptors (Lipinski definition) is 1. The molecule has 1 rings (SSSR count). The number of hydrogen-bond donors (Lipinski definition) is 1. The lowest BCUT2D eigenvalue weighted by Crippen LogP contribution is -2.01. The highest BCUT2D eigenvalue weighted by Crippen LogP contribution is 2.15. The molecule has 1 N–H and O–H groups in total. The molecule has 0 aliphatic rings. The molecular formula is C10H12O2. The van der Waals surface area contributed by atoms with Crippen LogP contribution in [0.25, 0.3) is 0 Å². The molecule has 0 aromatic heterocycles. The van der Waals surface area contributed by atoms with Crippen molar-refractivity contribution in [3.05, 3.63) is 34.4 Å². The molecule has 2 nitrogen and oxygen atoms in total. The van der Waals surface area contributed by atoms with Crippen LogP contribution in [0.4, 0.5) is 0 Å². The van der Waals surface area contributed by atoms with Gasteiger partial charge in [0.05, 0.1) is 5.56 Å². The topological polar surface area (TPSA) is 37.3 Å². The molecule has 0 saturated heterocycles. The smallest absolute Gasteiger partial charge is 0.335 e. The second kappa shape index (κ2) is 2.97. The summed E-state index contributed by atoms with van der Waals surface area (Å²) >= 11 is 0. The third-order valence-electron chi connectivity index (χ3n) is 2.04. The van der Waals surface area contributed by atoms with E-state index in [-0.39, 0.29) is 0 Å². The van der Waals surface area contributed by atoms with Crippen molar-refractivity contribution in [1.82, 2.24) is 0 Å². The minimum absolute atomic E-state index is 0.410. The maximum atomic E-state index is 10.7. The Labute approximate surface area is 71.8 Å². The normalized spacial score (nSPS) is 9.92. The van der Waals surface area contributed by atoms with Gasteiger partial charge in [0.1, 0.15) is 0 Å². The van der Waals surface area contributed by atoms with E-state index in [0.29, 0.717) is 5.56 Å². The summed E-state index contributed by atoms with van der Waals surface area (Å²) in [6.45, 7) is 5.66. The summed E-state index contributed by atoms with van der Waals surface area (Å²) in [5.74, 6) is -0.848. The summed E-state index contributed by atoms with van der Waals surface area (Å²) in [5.41, 5.74) is 3.29. The van der Waals surface area contributed by atoms with Crippen LogP contribution in [0.5, 0.6) is 0 Å². The Morgan fingerprint density at radius 1 is 1.25 bits per heavy atom. The third-order valence-corrected chi connectivity index (χ3v) is 2.04. The highest BCUT2D eigenvalue weighted by molar-refractivity contribution is 5.89. The molecule has 0 saturated carbocycles. The standard InChI is InChI=1S/C10H12O2/c1-6-4-7(2)8(3)9(5-6)10(11)12/h4-5H,1-3H3,(H,11,12). The van der Waals surface area contributed by atoms with Gasteiger partial charge in [-0.15, -0.1) is 0 Å².